The summed E-state index contributed by atoms with van der Waals surface area (Å²) < 4.78 is 660. The van der Waals surface area contributed by atoms with E-state index in [-0.39, 0.29) is 72.8 Å². The standard InChI is InChI=1S/C88H18F40N8/c89-47-39(48(90)64(106)79(121)63(47)105)31-15-13-29(37(45-59(101)75(117)85(127)76(118)60(45)102)27-11-9-25(133-27)35(43-55(97)71(113)83(125)72(114)56(43)98)23-7-5-21(131-23)33(19-3-1-17(31)129-19)41-51(93)67(109)81(123)68(110)52(41)94)135-87(15)88-16-14-30(136-88)38(46-61(103)77(119)86(128)78(120)62(46)104)28-12-10-26(134-28)36(44-57(99)73(115)84(126)74(116)58(44)100)24-8-6-22(132-24)34(42-53(95)69(111)82(124)70(112)54(42)96)20-4-2-18(130-20)32(16)40-49(91)65(107)80(122)66(108)50(40)92/h1-14,129-130,133-134H. The third kappa shape index (κ3) is 12.9. The summed E-state index contributed by atoms with van der Waals surface area (Å²) in [6.07, 6.45) is 1.14. The largest absolute Gasteiger partial charge is 0.354 e. The van der Waals surface area contributed by atoms with Crippen molar-refractivity contribution in [3.63, 3.8) is 0 Å². The first-order valence-electron chi connectivity index (χ1n) is 36.7. The first-order valence-corrected chi connectivity index (χ1v) is 36.7. The zero-order valence-corrected chi connectivity index (χ0v) is 64.0. The van der Waals surface area contributed by atoms with Crippen molar-refractivity contribution >= 4 is 91.2 Å². The fourth-order valence-corrected chi connectivity index (χ4v) is 15.7. The Morgan fingerprint density at radius 2 is 0.265 bits per heavy atom. The monoisotopic (exact) mass is 1950 g/mol. The summed E-state index contributed by atoms with van der Waals surface area (Å²) in [6, 6.07) is 0.712. The summed E-state index contributed by atoms with van der Waals surface area (Å²) in [6.45, 7) is 0. The Hall–Kier alpha value is -15.8. The molecule has 0 spiro atoms. The van der Waals surface area contributed by atoms with Gasteiger partial charge >= 0.3 is 0 Å². The normalized spacial score (nSPS) is 12.6. The van der Waals surface area contributed by atoms with Crippen molar-refractivity contribution in [3.8, 4) is 89.0 Å². The molecule has 16 bridgehead atoms. The summed E-state index contributed by atoms with van der Waals surface area (Å²) in [5, 5.41) is 0. The minimum atomic E-state index is -3.30. The van der Waals surface area contributed by atoms with E-state index in [0.29, 0.717) is 12.2 Å². The number of nitrogens with one attached hydrogen (secondary N) is 4. The van der Waals surface area contributed by atoms with Gasteiger partial charge in [-0.05, 0) is 85.0 Å². The molecule has 48 heteroatoms. The molecule has 136 heavy (non-hydrogen) atoms. The van der Waals surface area contributed by atoms with Gasteiger partial charge in [0.05, 0.1) is 90.1 Å². The smallest absolute Gasteiger partial charge is 0.200 e. The van der Waals surface area contributed by atoms with Crippen LogP contribution in [0.3, 0.4) is 0 Å². The van der Waals surface area contributed by atoms with E-state index in [4.69, 9.17) is 0 Å². The van der Waals surface area contributed by atoms with E-state index in [1.165, 1.54) is 0 Å². The summed E-state index contributed by atoms with van der Waals surface area (Å²) >= 11 is 0. The van der Waals surface area contributed by atoms with Crippen molar-refractivity contribution < 1.29 is 176 Å². The summed E-state index contributed by atoms with van der Waals surface area (Å²) in [5.74, 6) is -125. The van der Waals surface area contributed by atoms with Crippen LogP contribution in [-0.2, 0) is 0 Å². The molecule has 6 aromatic heterocycles. The van der Waals surface area contributed by atoms with Crippen molar-refractivity contribution in [1.29, 1.82) is 0 Å². The van der Waals surface area contributed by atoms with Gasteiger partial charge in [-0.1, -0.05) is 0 Å². The van der Waals surface area contributed by atoms with E-state index in [0.717, 1.165) is 0 Å². The maximum absolute atomic E-state index is 17.9. The number of nitrogens with zero attached hydrogens (tertiary/aromatic N) is 4. The lowest BCUT2D eigenvalue weighted by Crippen LogP contribution is -2.17. The van der Waals surface area contributed by atoms with Crippen molar-refractivity contribution in [2.24, 2.45) is 9.98 Å². The molecular weight excluding hydrogens is 1930 g/mol. The van der Waals surface area contributed by atoms with Gasteiger partial charge in [0.2, 0.25) is 46.5 Å². The van der Waals surface area contributed by atoms with E-state index in [9.17, 15) is 0 Å². The molecular formula is C88H18F40N8. The van der Waals surface area contributed by atoms with E-state index in [1.54, 1.807) is 0 Å². The second-order valence-corrected chi connectivity index (χ2v) is 28.9. The van der Waals surface area contributed by atoms with Gasteiger partial charge in [-0.2, -0.15) is 0 Å². The molecule has 0 amide bonds. The Morgan fingerprint density at radius 3 is 0.426 bits per heavy atom. The number of aromatic nitrogens is 6. The third-order valence-electron chi connectivity index (χ3n) is 21.7. The van der Waals surface area contributed by atoms with Gasteiger partial charge in [0.25, 0.3) is 0 Å². The van der Waals surface area contributed by atoms with Gasteiger partial charge in [-0.25, -0.2) is 196 Å². The highest BCUT2D eigenvalue weighted by Gasteiger charge is 2.43. The van der Waals surface area contributed by atoms with Crippen LogP contribution in [0.15, 0.2) is 70.6 Å². The maximum Gasteiger partial charge on any atom is 0.200 e. The lowest BCUT2D eigenvalue weighted by atomic mass is 9.90. The molecule has 0 radical (unpaired) electrons. The van der Waals surface area contributed by atoms with Crippen LogP contribution in [0.4, 0.5) is 187 Å². The van der Waals surface area contributed by atoms with E-state index < -0.39 is 423 Å². The molecule has 10 heterocycles. The van der Waals surface area contributed by atoms with E-state index >= 15 is 176 Å². The number of aliphatic imine (C=N–C) groups is 2. The summed E-state index contributed by atoms with van der Waals surface area (Å²) in [7, 11) is 0. The Bertz CT molecular complexity index is 7770. The van der Waals surface area contributed by atoms with E-state index in [1.807, 2.05) is 19.9 Å². The molecule has 14 aromatic rings. The molecule has 0 saturated heterocycles. The highest BCUT2D eigenvalue weighted by Crippen LogP contribution is 2.53. The van der Waals surface area contributed by atoms with Crippen molar-refractivity contribution in [2.75, 3.05) is 0 Å². The lowest BCUT2D eigenvalue weighted by Gasteiger charge is -2.15. The molecule has 4 N–H and O–H groups in total. The SMILES string of the molecule is Fc1c(F)c(F)c(-c2c3cc(c(-c4c(F)c(F)c(F)c(F)c4F)c4ccc([nH]4)c(-c4c(F)c(F)c(F)c(F)c4F)c4nc(c(-c5c(F)c(F)c(F)c(F)c5F)c5ccc2[nH]5)C=C4)C(C2=Nc4cc2c(-c2c(F)c(F)c(F)c(F)c2F)c2ccc([nH]2)c(-c2c(F)c(F)c(F)c(F)c2F)c2nc(c(-c5c(F)c(F)c(F)c(F)c5F)c5ccc([nH]5)c4-c4c(F)c(F)c(F)c(F)c4F)C=C2)=N3)c(F)c1F. The predicted molar refractivity (Wildman–Crippen MR) is 398 cm³/mol. The van der Waals surface area contributed by atoms with Crippen LogP contribution in [0.2, 0.25) is 0 Å². The second kappa shape index (κ2) is 32.0. The number of aromatic amines is 4. The molecule has 690 valence electrons. The van der Waals surface area contributed by atoms with Crippen LogP contribution in [0.25, 0.3) is 157 Å². The molecule has 8 nitrogen and oxygen atoms in total. The summed E-state index contributed by atoms with van der Waals surface area (Å²) in [4.78, 5) is 23.7. The number of fused-ring (bicyclic) bond motifs is 16. The zero-order valence-electron chi connectivity index (χ0n) is 64.0. The van der Waals surface area contributed by atoms with Gasteiger partial charge < -0.3 is 19.9 Å². The molecule has 0 unspecified atom stereocenters. The molecule has 4 aliphatic heterocycles. The Morgan fingerprint density at radius 1 is 0.140 bits per heavy atom. The topological polar surface area (TPSA) is 114 Å². The fraction of sp³-hybridized carbons (Fsp3) is 0. The minimum Gasteiger partial charge on any atom is -0.354 e. The van der Waals surface area contributed by atoms with Gasteiger partial charge in [0.1, 0.15) is 0 Å². The van der Waals surface area contributed by atoms with Gasteiger partial charge in [-0.15, -0.1) is 0 Å². The van der Waals surface area contributed by atoms with Crippen LogP contribution in [0, 0.1) is 233 Å². The number of benzene rings is 8. The summed E-state index contributed by atoms with van der Waals surface area (Å²) in [5.41, 5.74) is -67.2. The molecule has 0 aliphatic carbocycles. The third-order valence-corrected chi connectivity index (χ3v) is 21.7. The first-order chi connectivity index (χ1) is 64.2. The highest BCUT2D eigenvalue weighted by atomic mass is 19.2. The molecule has 0 atom stereocenters. The highest BCUT2D eigenvalue weighted by molar-refractivity contribution is 6.58. The van der Waals surface area contributed by atoms with Crippen LogP contribution < -0.4 is 0 Å². The fourth-order valence-electron chi connectivity index (χ4n) is 15.7. The quantitative estimate of drug-likeness (QED) is 0.0655. The van der Waals surface area contributed by atoms with Crippen molar-refractivity contribution in [1.82, 2.24) is 29.9 Å². The minimum absolute atomic E-state index is 0.0912. The molecule has 18 rings (SSSR count). The Labute approximate surface area is 720 Å². The Kier molecular flexibility index (Phi) is 21.3. The number of H-pyrrole nitrogens is 4. The van der Waals surface area contributed by atoms with Crippen molar-refractivity contribution in [2.45, 2.75) is 0 Å². The second-order valence-electron chi connectivity index (χ2n) is 28.9. The maximum atomic E-state index is 17.9. The van der Waals surface area contributed by atoms with Gasteiger partial charge in [0.15, 0.2) is 186 Å². The molecule has 8 aromatic carbocycles. The first kappa shape index (κ1) is 90.7. The molecule has 0 saturated carbocycles. The van der Waals surface area contributed by atoms with E-state index in [2.05, 4.69) is 20.0 Å². The number of hydrogen-bond acceptors (Lipinski definition) is 4. The zero-order chi connectivity index (χ0) is 98.3. The molecule has 0 fully saturated rings. The van der Waals surface area contributed by atoms with Crippen LogP contribution in [0.1, 0.15) is 33.9 Å². The number of hydrogen-bond donors (Lipinski definition) is 4. The predicted octanol–water partition coefficient (Wildman–Crippen LogP) is 28.3. The Balaban J connectivity index is 1.16. The molecule has 4 aliphatic rings. The van der Waals surface area contributed by atoms with Gasteiger partial charge in [0, 0.05) is 99.8 Å². The van der Waals surface area contributed by atoms with Crippen LogP contribution in [0.5, 0.6) is 0 Å². The van der Waals surface area contributed by atoms with Crippen LogP contribution >= 0.6 is 0 Å². The number of rotatable bonds is 9. The van der Waals surface area contributed by atoms with Crippen LogP contribution in [-0.4, -0.2) is 41.3 Å². The average Bonchev–Trinajstić information content (AvgIpc) is 1.56. The number of halogens is 40. The van der Waals surface area contributed by atoms with Gasteiger partial charge in [-0.3, -0.25) is 0 Å². The average molecular weight is 1950 g/mol. The lowest BCUT2D eigenvalue weighted by molar-refractivity contribution is 0.381. The van der Waals surface area contributed by atoms with Crippen molar-refractivity contribution in [3.05, 3.63) is 327 Å².